The normalized spacial score (nSPS) is 11.3. The van der Waals surface area contributed by atoms with Crippen LogP contribution in [0.4, 0.5) is 0 Å². The Morgan fingerprint density at radius 3 is 2.31 bits per heavy atom. The predicted molar refractivity (Wildman–Crippen MR) is 112 cm³/mol. The number of hydrogen-bond acceptors (Lipinski definition) is 6. The standard InChI is InChI=1S/C21H21N3O4S/c1-4-24-19(15-11-16(27-2)13-17(12-15)28-3)22-23-21(24)29-18(20(25)26)10-14-8-6-5-7-9-14/h5-13H,4H2,1-3H3,(H,25,26)/b18-10+. The molecule has 0 fully saturated rings. The summed E-state index contributed by atoms with van der Waals surface area (Å²) < 4.78 is 12.5. The number of thioether (sulfide) groups is 1. The number of carboxylic acids is 1. The lowest BCUT2D eigenvalue weighted by molar-refractivity contribution is -0.131. The summed E-state index contributed by atoms with van der Waals surface area (Å²) in [6.45, 7) is 2.53. The van der Waals surface area contributed by atoms with Gasteiger partial charge in [0.15, 0.2) is 11.0 Å². The lowest BCUT2D eigenvalue weighted by Crippen LogP contribution is -2.03. The molecule has 0 saturated carbocycles. The molecule has 7 nitrogen and oxygen atoms in total. The average molecular weight is 411 g/mol. The maximum absolute atomic E-state index is 11.8. The number of benzene rings is 2. The summed E-state index contributed by atoms with van der Waals surface area (Å²) in [5, 5.41) is 18.7. The Bertz CT molecular complexity index is 1010. The zero-order chi connectivity index (χ0) is 20.8. The molecule has 0 saturated heterocycles. The minimum absolute atomic E-state index is 0.160. The van der Waals surface area contributed by atoms with Crippen molar-refractivity contribution in [2.75, 3.05) is 14.2 Å². The largest absolute Gasteiger partial charge is 0.497 e. The van der Waals surface area contributed by atoms with Crippen LogP contribution in [0.2, 0.25) is 0 Å². The molecule has 3 rings (SSSR count). The molecule has 0 aliphatic rings. The number of aliphatic carboxylic acids is 1. The Labute approximate surface area is 173 Å². The highest BCUT2D eigenvalue weighted by atomic mass is 32.2. The minimum atomic E-state index is -1.02. The minimum Gasteiger partial charge on any atom is -0.497 e. The molecule has 29 heavy (non-hydrogen) atoms. The van der Waals surface area contributed by atoms with Crippen molar-refractivity contribution in [2.24, 2.45) is 0 Å². The third-order valence-corrected chi connectivity index (χ3v) is 5.15. The Kier molecular flexibility index (Phi) is 6.56. The van der Waals surface area contributed by atoms with E-state index in [1.807, 2.05) is 54.0 Å². The summed E-state index contributed by atoms with van der Waals surface area (Å²) in [5.41, 5.74) is 1.57. The van der Waals surface area contributed by atoms with Gasteiger partial charge in [-0.15, -0.1) is 10.2 Å². The van der Waals surface area contributed by atoms with Gasteiger partial charge in [-0.3, -0.25) is 0 Å². The van der Waals surface area contributed by atoms with Gasteiger partial charge >= 0.3 is 5.97 Å². The predicted octanol–water partition coefficient (Wildman–Crippen LogP) is 4.20. The van der Waals surface area contributed by atoms with Crippen molar-refractivity contribution < 1.29 is 19.4 Å². The molecule has 1 aromatic heterocycles. The molecule has 8 heteroatoms. The van der Waals surface area contributed by atoms with Crippen LogP contribution in [0.1, 0.15) is 12.5 Å². The second-order valence-electron chi connectivity index (χ2n) is 5.98. The van der Waals surface area contributed by atoms with E-state index in [2.05, 4.69) is 10.2 Å². The quantitative estimate of drug-likeness (QED) is 0.439. The van der Waals surface area contributed by atoms with E-state index in [0.29, 0.717) is 29.0 Å². The van der Waals surface area contributed by atoms with Gasteiger partial charge in [-0.05, 0) is 42.5 Å². The van der Waals surface area contributed by atoms with Crippen LogP contribution < -0.4 is 9.47 Å². The maximum Gasteiger partial charge on any atom is 0.342 e. The number of nitrogens with zero attached hydrogens (tertiary/aromatic N) is 3. The topological polar surface area (TPSA) is 86.5 Å². The third-order valence-electron chi connectivity index (χ3n) is 4.15. The van der Waals surface area contributed by atoms with Gasteiger partial charge < -0.3 is 19.1 Å². The van der Waals surface area contributed by atoms with Crippen molar-refractivity contribution in [1.82, 2.24) is 14.8 Å². The molecular weight excluding hydrogens is 390 g/mol. The summed E-state index contributed by atoms with van der Waals surface area (Å²) in [6, 6.07) is 14.8. The van der Waals surface area contributed by atoms with Gasteiger partial charge in [-0.2, -0.15) is 0 Å². The Morgan fingerprint density at radius 2 is 1.76 bits per heavy atom. The molecule has 0 radical (unpaired) electrons. The van der Waals surface area contributed by atoms with Gasteiger partial charge in [0.1, 0.15) is 16.4 Å². The first-order valence-electron chi connectivity index (χ1n) is 8.90. The lowest BCUT2D eigenvalue weighted by Gasteiger charge is -2.10. The molecule has 0 bridgehead atoms. The van der Waals surface area contributed by atoms with Crippen LogP contribution >= 0.6 is 11.8 Å². The van der Waals surface area contributed by atoms with E-state index in [1.54, 1.807) is 26.4 Å². The van der Waals surface area contributed by atoms with Crippen molar-refractivity contribution in [3.63, 3.8) is 0 Å². The molecule has 0 aliphatic carbocycles. The Morgan fingerprint density at radius 1 is 1.10 bits per heavy atom. The average Bonchev–Trinajstić information content (AvgIpc) is 3.16. The second-order valence-corrected chi connectivity index (χ2v) is 6.99. The van der Waals surface area contributed by atoms with Gasteiger partial charge in [-0.25, -0.2) is 4.79 Å². The third kappa shape index (κ3) is 4.78. The Hall–Kier alpha value is -3.26. The number of carbonyl (C=O) groups is 1. The summed E-state index contributed by atoms with van der Waals surface area (Å²) in [7, 11) is 3.16. The fourth-order valence-electron chi connectivity index (χ4n) is 2.73. The number of rotatable bonds is 8. The van der Waals surface area contributed by atoms with Crippen LogP contribution in [-0.2, 0) is 11.3 Å². The van der Waals surface area contributed by atoms with Crippen LogP contribution in [0.25, 0.3) is 17.5 Å². The summed E-state index contributed by atoms with van der Waals surface area (Å²) in [4.78, 5) is 11.9. The number of aromatic nitrogens is 3. The van der Waals surface area contributed by atoms with Crippen LogP contribution in [0.5, 0.6) is 11.5 Å². The highest BCUT2D eigenvalue weighted by Crippen LogP contribution is 2.33. The van der Waals surface area contributed by atoms with Crippen molar-refractivity contribution in [3.05, 3.63) is 59.0 Å². The molecule has 0 aliphatic heterocycles. The molecule has 1 N–H and O–H groups in total. The zero-order valence-corrected chi connectivity index (χ0v) is 17.1. The molecule has 150 valence electrons. The van der Waals surface area contributed by atoms with E-state index < -0.39 is 5.97 Å². The van der Waals surface area contributed by atoms with Gasteiger partial charge in [0.05, 0.1) is 14.2 Å². The highest BCUT2D eigenvalue weighted by Gasteiger charge is 2.19. The van der Waals surface area contributed by atoms with E-state index in [9.17, 15) is 9.90 Å². The number of ether oxygens (including phenoxy) is 2. The molecule has 1 heterocycles. The SMILES string of the molecule is CCn1c(S/C(=C/c2ccccc2)C(=O)O)nnc1-c1cc(OC)cc(OC)c1. The van der Waals surface area contributed by atoms with Gasteiger partial charge in [0, 0.05) is 18.2 Å². The fourth-order valence-corrected chi connectivity index (χ4v) is 3.62. The smallest absolute Gasteiger partial charge is 0.342 e. The summed E-state index contributed by atoms with van der Waals surface area (Å²) >= 11 is 1.07. The number of methoxy groups -OCH3 is 2. The van der Waals surface area contributed by atoms with Gasteiger partial charge in [0.25, 0.3) is 0 Å². The van der Waals surface area contributed by atoms with Crippen molar-refractivity contribution in [1.29, 1.82) is 0 Å². The molecule has 0 unspecified atom stereocenters. The van der Waals surface area contributed by atoms with Crippen LogP contribution in [0.15, 0.2) is 58.6 Å². The number of hydrogen-bond donors (Lipinski definition) is 1. The second kappa shape index (κ2) is 9.29. The Balaban J connectivity index is 1.99. The van der Waals surface area contributed by atoms with Gasteiger partial charge in [-0.1, -0.05) is 30.3 Å². The molecule has 0 amide bonds. The van der Waals surface area contributed by atoms with E-state index in [0.717, 1.165) is 22.9 Å². The zero-order valence-electron chi connectivity index (χ0n) is 16.3. The monoisotopic (exact) mass is 411 g/mol. The van der Waals surface area contributed by atoms with Gasteiger partial charge in [0.2, 0.25) is 0 Å². The van der Waals surface area contributed by atoms with Crippen LogP contribution in [-0.4, -0.2) is 40.1 Å². The van der Waals surface area contributed by atoms with Crippen molar-refractivity contribution in [3.8, 4) is 22.9 Å². The fraction of sp³-hybridized carbons (Fsp3) is 0.190. The molecule has 2 aromatic carbocycles. The van der Waals surface area contributed by atoms with Crippen molar-refractivity contribution in [2.45, 2.75) is 18.6 Å². The van der Waals surface area contributed by atoms with E-state index in [1.165, 1.54) is 0 Å². The molecule has 0 spiro atoms. The van der Waals surface area contributed by atoms with E-state index in [-0.39, 0.29) is 4.91 Å². The van der Waals surface area contributed by atoms with Crippen molar-refractivity contribution >= 4 is 23.8 Å². The van der Waals surface area contributed by atoms with E-state index >= 15 is 0 Å². The molecule has 3 aromatic rings. The summed E-state index contributed by atoms with van der Waals surface area (Å²) in [5.74, 6) is 0.856. The first kappa shape index (κ1) is 20.5. The molecular formula is C21H21N3O4S. The first-order chi connectivity index (χ1) is 14.0. The summed E-state index contributed by atoms with van der Waals surface area (Å²) in [6.07, 6.45) is 1.62. The first-order valence-corrected chi connectivity index (χ1v) is 9.72. The number of carboxylic acid groups (broad SMARTS) is 1. The van der Waals surface area contributed by atoms with Crippen LogP contribution in [0.3, 0.4) is 0 Å². The highest BCUT2D eigenvalue weighted by molar-refractivity contribution is 8.04. The maximum atomic E-state index is 11.8. The van der Waals surface area contributed by atoms with E-state index in [4.69, 9.17) is 9.47 Å². The lowest BCUT2D eigenvalue weighted by atomic mass is 10.2. The van der Waals surface area contributed by atoms with Crippen LogP contribution in [0, 0.1) is 0 Å². The molecule has 0 atom stereocenters.